The molecule has 1 atom stereocenters. The van der Waals surface area contributed by atoms with Crippen molar-refractivity contribution in [2.24, 2.45) is 0 Å². The first-order valence-corrected chi connectivity index (χ1v) is 8.16. The van der Waals surface area contributed by atoms with Gasteiger partial charge >= 0.3 is 0 Å². The molecule has 2 N–H and O–H groups in total. The molecule has 0 fully saturated rings. The summed E-state index contributed by atoms with van der Waals surface area (Å²) >= 11 is 0. The fraction of sp³-hybridized carbons (Fsp3) is 0.538. The highest BCUT2D eigenvalue weighted by molar-refractivity contribution is 7.89. The molecule has 2 rings (SSSR count). The van der Waals surface area contributed by atoms with E-state index >= 15 is 0 Å². The van der Waals surface area contributed by atoms with Gasteiger partial charge in [-0.1, -0.05) is 19.1 Å². The molecule has 0 saturated carbocycles. The predicted octanol–water partition coefficient (Wildman–Crippen LogP) is 1.34. The lowest BCUT2D eigenvalue weighted by molar-refractivity contribution is 0.538. The van der Waals surface area contributed by atoms with Gasteiger partial charge in [-0.3, -0.25) is 0 Å². The van der Waals surface area contributed by atoms with Gasteiger partial charge in [-0.15, -0.1) is 0 Å². The van der Waals surface area contributed by atoms with Gasteiger partial charge in [0, 0.05) is 19.1 Å². The van der Waals surface area contributed by atoms with Crippen molar-refractivity contribution in [3.8, 4) is 0 Å². The predicted molar refractivity (Wildman–Crippen MR) is 72.9 cm³/mol. The average Bonchev–Trinajstić information content (AvgIpc) is 2.74. The third-order valence-electron chi connectivity index (χ3n) is 3.34. The van der Waals surface area contributed by atoms with Gasteiger partial charge in [0.25, 0.3) is 0 Å². The Morgan fingerprint density at radius 1 is 1.42 bits per heavy atom. The van der Waals surface area contributed by atoms with Crippen LogP contribution in [0.2, 0.25) is 0 Å². The quantitative estimate of drug-likeness (QED) is 0.830. The van der Waals surface area contributed by atoms with Gasteiger partial charge in [-0.25, -0.2) is 17.5 Å². The topological polar surface area (TPSA) is 58.2 Å². The molecular formula is C13H19FN2O2S. The van der Waals surface area contributed by atoms with Gasteiger partial charge in [-0.05, 0) is 30.0 Å². The second-order valence-corrected chi connectivity index (χ2v) is 6.60. The Morgan fingerprint density at radius 3 is 2.95 bits per heavy atom. The van der Waals surface area contributed by atoms with Crippen LogP contribution in [0, 0.1) is 5.82 Å². The number of hydrogen-bond donors (Lipinski definition) is 2. The smallest absolute Gasteiger partial charge is 0.212 e. The number of nitrogens with one attached hydrogen (secondary N) is 2. The standard InChI is InChI=1S/C13H19FN2O2S/c1-2-16-19(17,18)9-8-15-13-7-6-10-11(13)4-3-5-12(10)14/h3-5,13,15-16H,2,6-9H2,1H3. The van der Waals surface area contributed by atoms with Crippen LogP contribution in [0.1, 0.15) is 30.5 Å². The molecule has 1 aromatic carbocycles. The molecule has 1 aliphatic rings. The molecule has 0 heterocycles. The molecule has 106 valence electrons. The van der Waals surface area contributed by atoms with E-state index in [1.807, 2.05) is 6.07 Å². The summed E-state index contributed by atoms with van der Waals surface area (Å²) in [5, 5.41) is 3.19. The molecule has 4 nitrogen and oxygen atoms in total. The summed E-state index contributed by atoms with van der Waals surface area (Å²) in [4.78, 5) is 0. The van der Waals surface area contributed by atoms with Crippen molar-refractivity contribution in [1.29, 1.82) is 0 Å². The molecule has 0 bridgehead atoms. The molecular weight excluding hydrogens is 267 g/mol. The monoisotopic (exact) mass is 286 g/mol. The highest BCUT2D eigenvalue weighted by Crippen LogP contribution is 2.32. The van der Waals surface area contributed by atoms with Crippen molar-refractivity contribution in [3.05, 3.63) is 35.1 Å². The van der Waals surface area contributed by atoms with E-state index in [0.717, 1.165) is 17.5 Å². The minimum absolute atomic E-state index is 0.0436. The number of benzene rings is 1. The summed E-state index contributed by atoms with van der Waals surface area (Å²) in [5.41, 5.74) is 1.72. The molecule has 1 unspecified atom stereocenters. The minimum Gasteiger partial charge on any atom is -0.309 e. The molecule has 19 heavy (non-hydrogen) atoms. The maximum absolute atomic E-state index is 13.5. The van der Waals surface area contributed by atoms with Crippen molar-refractivity contribution in [2.45, 2.75) is 25.8 Å². The van der Waals surface area contributed by atoms with Gasteiger partial charge < -0.3 is 5.32 Å². The molecule has 0 aromatic heterocycles. The Bertz CT molecular complexity index is 546. The highest BCUT2D eigenvalue weighted by Gasteiger charge is 2.24. The average molecular weight is 286 g/mol. The van der Waals surface area contributed by atoms with Gasteiger partial charge in [-0.2, -0.15) is 0 Å². The highest BCUT2D eigenvalue weighted by atomic mass is 32.2. The molecule has 0 aliphatic heterocycles. The Hall–Kier alpha value is -0.980. The van der Waals surface area contributed by atoms with E-state index in [-0.39, 0.29) is 17.6 Å². The maximum atomic E-state index is 13.5. The fourth-order valence-corrected chi connectivity index (χ4v) is 3.45. The zero-order valence-corrected chi connectivity index (χ0v) is 11.8. The van der Waals surface area contributed by atoms with Crippen molar-refractivity contribution >= 4 is 10.0 Å². The fourth-order valence-electron chi connectivity index (χ4n) is 2.48. The first-order chi connectivity index (χ1) is 9.03. The van der Waals surface area contributed by atoms with Crippen LogP contribution in [0.3, 0.4) is 0 Å². The van der Waals surface area contributed by atoms with Crippen LogP contribution in [-0.4, -0.2) is 27.3 Å². The Kier molecular flexibility index (Phi) is 4.54. The molecule has 6 heteroatoms. The summed E-state index contributed by atoms with van der Waals surface area (Å²) in [6, 6.07) is 5.13. The van der Waals surface area contributed by atoms with Crippen molar-refractivity contribution in [3.63, 3.8) is 0 Å². The summed E-state index contributed by atoms with van der Waals surface area (Å²) in [6.45, 7) is 2.52. The van der Waals surface area contributed by atoms with Gasteiger partial charge in [0.15, 0.2) is 0 Å². The minimum atomic E-state index is -3.20. The summed E-state index contributed by atoms with van der Waals surface area (Å²) in [7, 11) is -3.20. The van der Waals surface area contributed by atoms with E-state index in [9.17, 15) is 12.8 Å². The summed E-state index contributed by atoms with van der Waals surface area (Å²) < 4.78 is 39.0. The van der Waals surface area contributed by atoms with Crippen molar-refractivity contribution in [2.75, 3.05) is 18.8 Å². The number of rotatable bonds is 6. The normalized spacial score (nSPS) is 18.5. The third-order valence-corrected chi connectivity index (χ3v) is 4.81. The Balaban J connectivity index is 1.92. The zero-order valence-electron chi connectivity index (χ0n) is 10.9. The van der Waals surface area contributed by atoms with E-state index in [0.29, 0.717) is 19.5 Å². The molecule has 0 spiro atoms. The van der Waals surface area contributed by atoms with Crippen LogP contribution >= 0.6 is 0 Å². The van der Waals surface area contributed by atoms with Gasteiger partial charge in [0.05, 0.1) is 5.75 Å². The van der Waals surface area contributed by atoms with Crippen LogP contribution in [0.4, 0.5) is 4.39 Å². The van der Waals surface area contributed by atoms with Crippen LogP contribution < -0.4 is 10.0 Å². The van der Waals surface area contributed by atoms with Crippen LogP contribution in [0.15, 0.2) is 18.2 Å². The second-order valence-electron chi connectivity index (χ2n) is 4.67. The van der Waals surface area contributed by atoms with Crippen LogP contribution in [0.5, 0.6) is 0 Å². The molecule has 0 saturated heterocycles. The molecule has 0 amide bonds. The lowest BCUT2D eigenvalue weighted by Gasteiger charge is -2.14. The van der Waals surface area contributed by atoms with Gasteiger partial charge in [0.2, 0.25) is 10.0 Å². The van der Waals surface area contributed by atoms with Crippen LogP contribution in [0.25, 0.3) is 0 Å². The summed E-state index contributed by atoms with van der Waals surface area (Å²) in [5.74, 6) is -0.121. The van der Waals surface area contributed by atoms with Gasteiger partial charge in [0.1, 0.15) is 5.82 Å². The lowest BCUT2D eigenvalue weighted by atomic mass is 10.1. The molecule has 1 aromatic rings. The third kappa shape index (κ3) is 3.52. The number of fused-ring (bicyclic) bond motifs is 1. The van der Waals surface area contributed by atoms with Crippen LogP contribution in [-0.2, 0) is 16.4 Å². The lowest BCUT2D eigenvalue weighted by Crippen LogP contribution is -2.32. The van der Waals surface area contributed by atoms with Crippen molar-refractivity contribution in [1.82, 2.24) is 10.0 Å². The Labute approximate surface area is 113 Å². The summed E-state index contributed by atoms with van der Waals surface area (Å²) in [6.07, 6.45) is 1.52. The maximum Gasteiger partial charge on any atom is 0.212 e. The first-order valence-electron chi connectivity index (χ1n) is 6.51. The SMILES string of the molecule is CCNS(=O)(=O)CCNC1CCc2c(F)cccc21. The number of sulfonamides is 1. The van der Waals surface area contributed by atoms with E-state index < -0.39 is 10.0 Å². The molecule has 1 aliphatic carbocycles. The van der Waals surface area contributed by atoms with E-state index in [4.69, 9.17) is 0 Å². The van der Waals surface area contributed by atoms with Crippen molar-refractivity contribution < 1.29 is 12.8 Å². The Morgan fingerprint density at radius 2 is 2.21 bits per heavy atom. The number of hydrogen-bond acceptors (Lipinski definition) is 3. The van der Waals surface area contributed by atoms with E-state index in [1.54, 1.807) is 13.0 Å². The van der Waals surface area contributed by atoms with E-state index in [2.05, 4.69) is 10.0 Å². The number of halogens is 1. The largest absolute Gasteiger partial charge is 0.309 e. The second kappa shape index (κ2) is 5.98. The molecule has 0 radical (unpaired) electrons. The van der Waals surface area contributed by atoms with E-state index in [1.165, 1.54) is 6.07 Å². The zero-order chi connectivity index (χ0) is 13.9. The first kappa shape index (κ1) is 14.4.